The molecule has 0 saturated carbocycles. The molecule has 0 aliphatic rings. The summed E-state index contributed by atoms with van der Waals surface area (Å²) in [4.78, 5) is 4.29. The van der Waals surface area contributed by atoms with Crippen molar-refractivity contribution in [2.75, 3.05) is 13.6 Å². The van der Waals surface area contributed by atoms with Crippen LogP contribution in [0.3, 0.4) is 0 Å². The lowest BCUT2D eigenvalue weighted by Crippen LogP contribution is -2.37. The summed E-state index contributed by atoms with van der Waals surface area (Å²) in [5, 5.41) is 15.4. The second-order valence-electron chi connectivity index (χ2n) is 6.47. The van der Waals surface area contributed by atoms with Crippen molar-refractivity contribution in [1.82, 2.24) is 30.2 Å². The lowest BCUT2D eigenvalue weighted by atomic mass is 10.2. The molecule has 150 valence electrons. The van der Waals surface area contributed by atoms with Crippen LogP contribution in [0.5, 0.6) is 0 Å². The number of hydrogen-bond acceptors (Lipinski definition) is 3. The van der Waals surface area contributed by atoms with Gasteiger partial charge in [0.2, 0.25) is 0 Å². The van der Waals surface area contributed by atoms with Gasteiger partial charge < -0.3 is 10.6 Å². The van der Waals surface area contributed by atoms with Gasteiger partial charge in [-0.3, -0.25) is 9.67 Å². The summed E-state index contributed by atoms with van der Waals surface area (Å²) in [5.74, 6) is 0.805. The Bertz CT molecular complexity index is 867. The molecule has 0 saturated heterocycles. The maximum absolute atomic E-state index is 4.49. The molecule has 0 unspecified atom stereocenters. The normalized spacial score (nSPS) is 11.2. The number of nitrogens with zero attached hydrogens (tertiary/aromatic N) is 5. The predicted octanol–water partition coefficient (Wildman–Crippen LogP) is 3.06. The van der Waals surface area contributed by atoms with Crippen molar-refractivity contribution in [3.05, 3.63) is 65.7 Å². The maximum atomic E-state index is 4.49. The zero-order valence-corrected chi connectivity index (χ0v) is 18.9. The quantitative estimate of drug-likeness (QED) is 0.230. The van der Waals surface area contributed by atoms with Gasteiger partial charge in [0.1, 0.15) is 0 Å². The fraction of sp³-hybridized carbons (Fsp3) is 0.350. The highest BCUT2D eigenvalue weighted by atomic mass is 127. The highest BCUT2D eigenvalue weighted by Gasteiger charge is 2.02. The number of guanidine groups is 1. The molecule has 0 fully saturated rings. The Morgan fingerprint density at radius 2 is 1.93 bits per heavy atom. The molecule has 0 bridgehead atoms. The summed E-state index contributed by atoms with van der Waals surface area (Å²) in [6, 6.07) is 12.3. The Labute approximate surface area is 183 Å². The van der Waals surface area contributed by atoms with Crippen LogP contribution in [0.1, 0.15) is 23.4 Å². The first-order chi connectivity index (χ1) is 13.2. The number of aryl methyl sites for hydroxylation is 3. The molecular weight excluding hydrogens is 465 g/mol. The largest absolute Gasteiger partial charge is 0.356 e. The van der Waals surface area contributed by atoms with Crippen molar-refractivity contribution in [2.45, 2.75) is 33.4 Å². The number of hydrogen-bond donors (Lipinski definition) is 2. The van der Waals surface area contributed by atoms with Crippen LogP contribution in [0.25, 0.3) is 5.69 Å². The van der Waals surface area contributed by atoms with E-state index in [-0.39, 0.29) is 24.0 Å². The molecule has 8 heteroatoms. The van der Waals surface area contributed by atoms with Gasteiger partial charge in [-0.05, 0) is 50.1 Å². The molecule has 0 amide bonds. The van der Waals surface area contributed by atoms with E-state index in [0.717, 1.165) is 43.4 Å². The summed E-state index contributed by atoms with van der Waals surface area (Å²) in [5.41, 5.74) is 4.51. The second kappa shape index (κ2) is 10.8. The van der Waals surface area contributed by atoms with Gasteiger partial charge in [-0.15, -0.1) is 24.0 Å². The lowest BCUT2D eigenvalue weighted by Gasteiger charge is -2.12. The average Bonchev–Trinajstić information content (AvgIpc) is 3.31. The van der Waals surface area contributed by atoms with Gasteiger partial charge in [0.25, 0.3) is 0 Å². The Hall–Kier alpha value is -2.36. The number of benzene rings is 1. The third-order valence-electron chi connectivity index (χ3n) is 4.33. The smallest absolute Gasteiger partial charge is 0.191 e. The summed E-state index contributed by atoms with van der Waals surface area (Å²) >= 11 is 0. The molecular formula is C20H28IN7. The summed E-state index contributed by atoms with van der Waals surface area (Å²) < 4.78 is 3.90. The van der Waals surface area contributed by atoms with E-state index in [9.17, 15) is 0 Å². The van der Waals surface area contributed by atoms with Crippen LogP contribution in [0, 0.1) is 13.8 Å². The Morgan fingerprint density at radius 1 is 1.14 bits per heavy atom. The average molecular weight is 493 g/mol. The third kappa shape index (κ3) is 6.08. The van der Waals surface area contributed by atoms with Crippen molar-refractivity contribution in [1.29, 1.82) is 0 Å². The summed E-state index contributed by atoms with van der Waals surface area (Å²) in [6.45, 7) is 6.58. The van der Waals surface area contributed by atoms with Gasteiger partial charge in [-0.1, -0.05) is 12.1 Å². The molecule has 0 aliphatic heterocycles. The van der Waals surface area contributed by atoms with Gasteiger partial charge in [-0.25, -0.2) is 4.68 Å². The molecule has 0 radical (unpaired) electrons. The highest BCUT2D eigenvalue weighted by Crippen LogP contribution is 2.08. The van der Waals surface area contributed by atoms with E-state index in [1.807, 2.05) is 28.6 Å². The van der Waals surface area contributed by atoms with Crippen LogP contribution >= 0.6 is 24.0 Å². The monoisotopic (exact) mass is 493 g/mol. The molecule has 2 N–H and O–H groups in total. The lowest BCUT2D eigenvalue weighted by molar-refractivity contribution is 0.555. The van der Waals surface area contributed by atoms with Gasteiger partial charge >= 0.3 is 0 Å². The van der Waals surface area contributed by atoms with Crippen LogP contribution in [0.2, 0.25) is 0 Å². The molecule has 1 aromatic carbocycles. The molecule has 0 atom stereocenters. The van der Waals surface area contributed by atoms with E-state index < -0.39 is 0 Å². The number of halogens is 1. The van der Waals surface area contributed by atoms with Gasteiger partial charge in [0.15, 0.2) is 5.96 Å². The minimum absolute atomic E-state index is 0. The minimum Gasteiger partial charge on any atom is -0.356 e. The zero-order chi connectivity index (χ0) is 19.1. The van der Waals surface area contributed by atoms with Crippen LogP contribution in [0.4, 0.5) is 0 Å². The van der Waals surface area contributed by atoms with Crippen molar-refractivity contribution in [2.24, 2.45) is 4.99 Å². The Balaban J connectivity index is 0.00000280. The molecule has 0 spiro atoms. The Kier molecular flexibility index (Phi) is 8.49. The van der Waals surface area contributed by atoms with Crippen LogP contribution in [-0.4, -0.2) is 39.1 Å². The number of nitrogens with one attached hydrogen (secondary N) is 2. The van der Waals surface area contributed by atoms with Crippen molar-refractivity contribution >= 4 is 29.9 Å². The van der Waals surface area contributed by atoms with E-state index in [0.29, 0.717) is 0 Å². The standard InChI is InChI=1S/C20H27N7.HI/c1-16-14-17(2)26(25-16)12-4-10-22-20(21-3)23-15-18-6-8-19(9-7-18)27-13-5-11-24-27;/h5-9,11,13-14H,4,10,12,15H2,1-3H3,(H2,21,22,23);1H. The van der Waals surface area contributed by atoms with E-state index >= 15 is 0 Å². The van der Waals surface area contributed by atoms with Crippen LogP contribution in [0.15, 0.2) is 53.8 Å². The van der Waals surface area contributed by atoms with Crippen molar-refractivity contribution in [3.8, 4) is 5.69 Å². The molecule has 2 aromatic heterocycles. The molecule has 28 heavy (non-hydrogen) atoms. The van der Waals surface area contributed by atoms with E-state index in [1.165, 1.54) is 11.3 Å². The van der Waals surface area contributed by atoms with E-state index in [4.69, 9.17) is 0 Å². The summed E-state index contributed by atoms with van der Waals surface area (Å²) in [6.07, 6.45) is 4.70. The SMILES string of the molecule is CN=C(NCCCn1nc(C)cc1C)NCc1ccc(-n2cccn2)cc1.I. The minimum atomic E-state index is 0. The number of rotatable bonds is 7. The van der Waals surface area contributed by atoms with E-state index in [1.54, 1.807) is 13.2 Å². The van der Waals surface area contributed by atoms with E-state index in [2.05, 4.69) is 63.1 Å². The number of aliphatic imine (C=N–C) groups is 1. The fourth-order valence-corrected chi connectivity index (χ4v) is 2.93. The molecule has 3 rings (SSSR count). The van der Waals surface area contributed by atoms with Gasteiger partial charge in [0, 0.05) is 44.8 Å². The second-order valence-corrected chi connectivity index (χ2v) is 6.47. The maximum Gasteiger partial charge on any atom is 0.191 e. The number of aromatic nitrogens is 4. The zero-order valence-electron chi connectivity index (χ0n) is 16.6. The van der Waals surface area contributed by atoms with Crippen LogP contribution in [-0.2, 0) is 13.1 Å². The van der Waals surface area contributed by atoms with Gasteiger partial charge in [-0.2, -0.15) is 10.2 Å². The third-order valence-corrected chi connectivity index (χ3v) is 4.33. The molecule has 2 heterocycles. The predicted molar refractivity (Wildman–Crippen MR) is 123 cm³/mol. The summed E-state index contributed by atoms with van der Waals surface area (Å²) in [7, 11) is 1.79. The first-order valence-electron chi connectivity index (χ1n) is 9.20. The first-order valence-corrected chi connectivity index (χ1v) is 9.20. The fourth-order valence-electron chi connectivity index (χ4n) is 2.93. The molecule has 7 nitrogen and oxygen atoms in total. The molecule has 3 aromatic rings. The topological polar surface area (TPSA) is 72.1 Å². The highest BCUT2D eigenvalue weighted by molar-refractivity contribution is 14.0. The molecule has 0 aliphatic carbocycles. The first kappa shape index (κ1) is 21.9. The van der Waals surface area contributed by atoms with Crippen LogP contribution < -0.4 is 10.6 Å². The van der Waals surface area contributed by atoms with Crippen molar-refractivity contribution in [3.63, 3.8) is 0 Å². The Morgan fingerprint density at radius 3 is 2.54 bits per heavy atom. The van der Waals surface area contributed by atoms with Crippen molar-refractivity contribution < 1.29 is 0 Å². The van der Waals surface area contributed by atoms with Gasteiger partial charge in [0.05, 0.1) is 11.4 Å².